The number of nitrogens with zero attached hydrogens (tertiary/aromatic N) is 2. The lowest BCUT2D eigenvalue weighted by Crippen LogP contribution is -2.65. The molecule has 0 N–H and O–H groups in total. The molecule has 21 heavy (non-hydrogen) atoms. The maximum atomic E-state index is 11.7. The van der Waals surface area contributed by atoms with Crippen LogP contribution in [-0.2, 0) is 16.6 Å². The highest BCUT2D eigenvalue weighted by Gasteiger charge is 2.46. The molecule has 5 heteroatoms. The number of sulfonamides is 1. The van der Waals surface area contributed by atoms with Crippen LogP contribution < -0.4 is 0 Å². The van der Waals surface area contributed by atoms with E-state index >= 15 is 0 Å². The largest absolute Gasteiger partial charge is 0.297 e. The minimum Gasteiger partial charge on any atom is -0.297 e. The number of fused-ring (bicyclic) bond motifs is 1. The molecule has 2 fully saturated rings. The average molecular weight is 308 g/mol. The van der Waals surface area contributed by atoms with Gasteiger partial charge in [0, 0.05) is 25.7 Å². The van der Waals surface area contributed by atoms with E-state index in [1.807, 2.05) is 0 Å². The fourth-order valence-electron chi connectivity index (χ4n) is 3.55. The van der Waals surface area contributed by atoms with E-state index in [1.165, 1.54) is 22.9 Å². The summed E-state index contributed by atoms with van der Waals surface area (Å²) in [6.07, 6.45) is 2.44. The zero-order valence-corrected chi connectivity index (χ0v) is 13.9. The number of piperidine rings is 1. The summed E-state index contributed by atoms with van der Waals surface area (Å²) in [6.45, 7) is 7.85. The molecule has 2 saturated heterocycles. The third kappa shape index (κ3) is 3.00. The molecular weight excluding hydrogens is 284 g/mol. The highest BCUT2D eigenvalue weighted by atomic mass is 32.2. The summed E-state index contributed by atoms with van der Waals surface area (Å²) in [5.41, 5.74) is 3.96. The van der Waals surface area contributed by atoms with Crippen molar-refractivity contribution in [2.75, 3.05) is 25.9 Å². The second kappa shape index (κ2) is 5.38. The lowest BCUT2D eigenvalue weighted by atomic mass is 9.84. The Morgan fingerprint density at radius 1 is 1.24 bits per heavy atom. The van der Waals surface area contributed by atoms with Gasteiger partial charge >= 0.3 is 0 Å². The Balaban J connectivity index is 1.69. The summed E-state index contributed by atoms with van der Waals surface area (Å²) in [6, 6.07) is 6.75. The van der Waals surface area contributed by atoms with E-state index in [4.69, 9.17) is 0 Å². The van der Waals surface area contributed by atoms with Crippen LogP contribution in [0, 0.1) is 19.8 Å². The zero-order chi connectivity index (χ0) is 15.2. The highest BCUT2D eigenvalue weighted by Crippen LogP contribution is 2.34. The summed E-state index contributed by atoms with van der Waals surface area (Å²) >= 11 is 0. The first kappa shape index (κ1) is 15.0. The van der Waals surface area contributed by atoms with Crippen LogP contribution in [0.2, 0.25) is 0 Å². The van der Waals surface area contributed by atoms with Gasteiger partial charge in [0.2, 0.25) is 10.0 Å². The molecule has 2 aliphatic heterocycles. The molecule has 3 rings (SSSR count). The summed E-state index contributed by atoms with van der Waals surface area (Å²) < 4.78 is 25.2. The maximum absolute atomic E-state index is 11.7. The molecule has 0 bridgehead atoms. The Morgan fingerprint density at radius 3 is 2.71 bits per heavy atom. The van der Waals surface area contributed by atoms with Crippen molar-refractivity contribution >= 4 is 10.0 Å². The monoisotopic (exact) mass is 308 g/mol. The van der Waals surface area contributed by atoms with Crippen LogP contribution in [0.5, 0.6) is 0 Å². The standard InChI is InChI=1S/C16H24N2O2S/c1-12-4-5-13(2)15(8-12)9-17-7-6-14-10-18(16(14)11-17)21(3,19)20/h4-5,8,14,16H,6-7,9-11H2,1-3H3/t14-,16-/m1/s1. The molecule has 0 amide bonds. The third-order valence-electron chi connectivity index (χ3n) is 4.91. The number of aryl methyl sites for hydroxylation is 2. The third-order valence-corrected chi connectivity index (χ3v) is 6.19. The molecular formula is C16H24N2O2S. The number of likely N-dealkylation sites (tertiary alicyclic amines) is 1. The maximum Gasteiger partial charge on any atom is 0.211 e. The molecule has 116 valence electrons. The van der Waals surface area contributed by atoms with Crippen LogP contribution in [0.1, 0.15) is 23.1 Å². The van der Waals surface area contributed by atoms with E-state index in [0.29, 0.717) is 5.92 Å². The molecule has 0 radical (unpaired) electrons. The SMILES string of the molecule is Cc1ccc(C)c(CN2CC[C@@H]3CN(S(C)(=O)=O)[C@@H]3C2)c1. The predicted octanol–water partition coefficient (Wildman–Crippen LogP) is 1.77. The van der Waals surface area contributed by atoms with Crippen LogP contribution in [0.3, 0.4) is 0 Å². The number of hydrogen-bond donors (Lipinski definition) is 0. The molecule has 2 atom stereocenters. The van der Waals surface area contributed by atoms with Crippen LogP contribution in [0.4, 0.5) is 0 Å². The van der Waals surface area contributed by atoms with Crippen molar-refractivity contribution in [3.8, 4) is 0 Å². The van der Waals surface area contributed by atoms with Gasteiger partial charge in [-0.25, -0.2) is 8.42 Å². The molecule has 0 spiro atoms. The minimum atomic E-state index is -3.04. The lowest BCUT2D eigenvalue weighted by Gasteiger charge is -2.52. The fraction of sp³-hybridized carbons (Fsp3) is 0.625. The van der Waals surface area contributed by atoms with E-state index < -0.39 is 10.0 Å². The fourth-order valence-corrected chi connectivity index (χ4v) is 4.74. The molecule has 2 heterocycles. The van der Waals surface area contributed by atoms with Crippen LogP contribution in [0.15, 0.2) is 18.2 Å². The first-order valence-electron chi connectivity index (χ1n) is 7.60. The summed E-state index contributed by atoms with van der Waals surface area (Å²) in [4.78, 5) is 2.40. The van der Waals surface area contributed by atoms with Crippen molar-refractivity contribution in [1.29, 1.82) is 0 Å². The molecule has 1 aromatic rings. The number of rotatable bonds is 3. The average Bonchev–Trinajstić information content (AvgIpc) is 2.35. The van der Waals surface area contributed by atoms with E-state index in [2.05, 4.69) is 36.9 Å². The molecule has 4 nitrogen and oxygen atoms in total. The minimum absolute atomic E-state index is 0.193. The summed E-state index contributed by atoms with van der Waals surface area (Å²) in [7, 11) is -3.04. The topological polar surface area (TPSA) is 40.6 Å². The summed E-state index contributed by atoms with van der Waals surface area (Å²) in [5.74, 6) is 0.564. The number of benzene rings is 1. The Kier molecular flexibility index (Phi) is 3.84. The van der Waals surface area contributed by atoms with E-state index in [0.717, 1.165) is 32.6 Å². The van der Waals surface area contributed by atoms with Crippen molar-refractivity contribution < 1.29 is 8.42 Å². The van der Waals surface area contributed by atoms with Gasteiger partial charge in [0.15, 0.2) is 0 Å². The Hall–Kier alpha value is -0.910. The van der Waals surface area contributed by atoms with E-state index in [-0.39, 0.29) is 6.04 Å². The van der Waals surface area contributed by atoms with Gasteiger partial charge in [0.25, 0.3) is 0 Å². The molecule has 0 unspecified atom stereocenters. The Labute approximate surface area is 127 Å². The van der Waals surface area contributed by atoms with Gasteiger partial charge in [0.1, 0.15) is 0 Å². The number of hydrogen-bond acceptors (Lipinski definition) is 3. The highest BCUT2D eigenvalue weighted by molar-refractivity contribution is 7.88. The van der Waals surface area contributed by atoms with Crippen molar-refractivity contribution in [2.24, 2.45) is 5.92 Å². The van der Waals surface area contributed by atoms with Crippen molar-refractivity contribution in [1.82, 2.24) is 9.21 Å². The van der Waals surface area contributed by atoms with Crippen LogP contribution in [0.25, 0.3) is 0 Å². The van der Waals surface area contributed by atoms with E-state index in [9.17, 15) is 8.42 Å². The first-order chi connectivity index (χ1) is 9.84. The van der Waals surface area contributed by atoms with Gasteiger partial charge in [0.05, 0.1) is 6.26 Å². The van der Waals surface area contributed by atoms with Gasteiger partial charge in [-0.15, -0.1) is 0 Å². The lowest BCUT2D eigenvalue weighted by molar-refractivity contribution is 0.0110. The van der Waals surface area contributed by atoms with Crippen molar-refractivity contribution in [3.05, 3.63) is 34.9 Å². The zero-order valence-electron chi connectivity index (χ0n) is 13.0. The Morgan fingerprint density at radius 2 is 2.00 bits per heavy atom. The van der Waals surface area contributed by atoms with Gasteiger partial charge in [-0.1, -0.05) is 23.8 Å². The molecule has 0 aromatic heterocycles. The smallest absolute Gasteiger partial charge is 0.211 e. The van der Waals surface area contributed by atoms with E-state index in [1.54, 1.807) is 4.31 Å². The second-order valence-electron chi connectivity index (χ2n) is 6.61. The van der Waals surface area contributed by atoms with Crippen molar-refractivity contribution in [3.63, 3.8) is 0 Å². The summed E-state index contributed by atoms with van der Waals surface area (Å²) in [5, 5.41) is 0. The second-order valence-corrected chi connectivity index (χ2v) is 8.55. The molecule has 0 aliphatic carbocycles. The normalized spacial score (nSPS) is 27.2. The molecule has 1 aromatic carbocycles. The quantitative estimate of drug-likeness (QED) is 0.854. The van der Waals surface area contributed by atoms with Crippen LogP contribution >= 0.6 is 0 Å². The first-order valence-corrected chi connectivity index (χ1v) is 9.45. The van der Waals surface area contributed by atoms with Gasteiger partial charge in [-0.05, 0) is 43.9 Å². The van der Waals surface area contributed by atoms with Crippen molar-refractivity contribution in [2.45, 2.75) is 32.9 Å². The Bertz CT molecular complexity index is 642. The van der Waals surface area contributed by atoms with Gasteiger partial charge < -0.3 is 0 Å². The predicted molar refractivity (Wildman–Crippen MR) is 84.6 cm³/mol. The van der Waals surface area contributed by atoms with Gasteiger partial charge in [-0.2, -0.15) is 4.31 Å². The van der Waals surface area contributed by atoms with Gasteiger partial charge in [-0.3, -0.25) is 4.90 Å². The molecule has 2 aliphatic rings. The van der Waals surface area contributed by atoms with Crippen LogP contribution in [-0.4, -0.2) is 49.6 Å². The molecule has 0 saturated carbocycles.